The Balaban J connectivity index is 1.55. The average Bonchev–Trinajstić information content (AvgIpc) is 3.23. The quantitative estimate of drug-likeness (QED) is 0.898. The number of carbonyl (C=O) groups is 2. The summed E-state index contributed by atoms with van der Waals surface area (Å²) in [5.74, 6) is 0.0363. The molecule has 2 aromatic rings. The highest BCUT2D eigenvalue weighted by molar-refractivity contribution is 5.96. The normalized spacial score (nSPS) is 13.9. The Bertz CT molecular complexity index is 802. The number of nitrogens with zero attached hydrogens (tertiary/aromatic N) is 3. The lowest BCUT2D eigenvalue weighted by atomic mass is 10.1. The van der Waals surface area contributed by atoms with Crippen LogP contribution in [0.25, 0.3) is 0 Å². The molecule has 6 heteroatoms. The van der Waals surface area contributed by atoms with Crippen molar-refractivity contribution in [1.82, 2.24) is 14.7 Å². The van der Waals surface area contributed by atoms with Crippen LogP contribution in [0.2, 0.25) is 0 Å². The van der Waals surface area contributed by atoms with Gasteiger partial charge in [0.25, 0.3) is 5.91 Å². The Morgan fingerprint density at radius 3 is 2.35 bits per heavy atom. The van der Waals surface area contributed by atoms with Crippen molar-refractivity contribution in [3.8, 4) is 0 Å². The predicted octanol–water partition coefficient (Wildman–Crippen LogP) is 2.84. The van der Waals surface area contributed by atoms with Crippen molar-refractivity contribution < 1.29 is 9.59 Å². The summed E-state index contributed by atoms with van der Waals surface area (Å²) in [4.78, 5) is 26.4. The lowest BCUT2D eigenvalue weighted by molar-refractivity contribution is -0.116. The van der Waals surface area contributed by atoms with Gasteiger partial charge in [-0.2, -0.15) is 5.10 Å². The molecule has 3 rings (SSSR count). The summed E-state index contributed by atoms with van der Waals surface area (Å²) in [5, 5.41) is 7.28. The smallest absolute Gasteiger partial charge is 0.253 e. The summed E-state index contributed by atoms with van der Waals surface area (Å²) >= 11 is 0. The lowest BCUT2D eigenvalue weighted by Gasteiger charge is -2.15. The molecule has 0 atom stereocenters. The highest BCUT2D eigenvalue weighted by Gasteiger charge is 2.19. The van der Waals surface area contributed by atoms with Crippen molar-refractivity contribution in [3.05, 3.63) is 46.8 Å². The number of nitrogens with one attached hydrogen (secondary N) is 1. The maximum Gasteiger partial charge on any atom is 0.253 e. The predicted molar refractivity (Wildman–Crippen MR) is 101 cm³/mol. The van der Waals surface area contributed by atoms with Crippen molar-refractivity contribution in [3.63, 3.8) is 0 Å². The fraction of sp³-hybridized carbons (Fsp3) is 0.450. The first-order valence-corrected chi connectivity index (χ1v) is 9.14. The molecule has 0 unspecified atom stereocenters. The van der Waals surface area contributed by atoms with Crippen LogP contribution >= 0.6 is 0 Å². The minimum Gasteiger partial charge on any atom is -0.339 e. The Hall–Kier alpha value is -2.63. The number of aromatic nitrogens is 2. The van der Waals surface area contributed by atoms with Gasteiger partial charge in [-0.25, -0.2) is 0 Å². The van der Waals surface area contributed by atoms with Gasteiger partial charge in [0.15, 0.2) is 0 Å². The Morgan fingerprint density at radius 2 is 1.77 bits per heavy atom. The summed E-state index contributed by atoms with van der Waals surface area (Å²) in [5.41, 5.74) is 4.59. The molecule has 1 fully saturated rings. The van der Waals surface area contributed by atoms with E-state index in [0.717, 1.165) is 42.9 Å². The largest absolute Gasteiger partial charge is 0.339 e. The lowest BCUT2D eigenvalue weighted by Crippen LogP contribution is -2.27. The van der Waals surface area contributed by atoms with Crippen LogP contribution in [0.15, 0.2) is 24.3 Å². The second kappa shape index (κ2) is 7.72. The molecule has 138 valence electrons. The van der Waals surface area contributed by atoms with Gasteiger partial charge in [0.2, 0.25) is 5.91 Å². The zero-order valence-electron chi connectivity index (χ0n) is 15.7. The van der Waals surface area contributed by atoms with Gasteiger partial charge in [0.1, 0.15) is 0 Å². The van der Waals surface area contributed by atoms with Crippen molar-refractivity contribution in [2.45, 2.75) is 39.5 Å². The van der Waals surface area contributed by atoms with E-state index in [9.17, 15) is 9.59 Å². The monoisotopic (exact) mass is 354 g/mol. The first-order chi connectivity index (χ1) is 12.5. The summed E-state index contributed by atoms with van der Waals surface area (Å²) in [6.45, 7) is 5.66. The van der Waals surface area contributed by atoms with Crippen LogP contribution in [0.1, 0.15) is 46.6 Å². The second-order valence-corrected chi connectivity index (χ2v) is 6.90. The number of likely N-dealkylation sites (tertiary alicyclic amines) is 1. The molecule has 0 radical (unpaired) electrons. The zero-order valence-corrected chi connectivity index (χ0v) is 15.7. The van der Waals surface area contributed by atoms with E-state index in [4.69, 9.17) is 0 Å². The third kappa shape index (κ3) is 3.95. The van der Waals surface area contributed by atoms with Crippen molar-refractivity contribution >= 4 is 17.5 Å². The van der Waals surface area contributed by atoms with E-state index in [-0.39, 0.29) is 11.8 Å². The summed E-state index contributed by atoms with van der Waals surface area (Å²) in [6, 6.07) is 7.15. The topological polar surface area (TPSA) is 67.2 Å². The highest BCUT2D eigenvalue weighted by atomic mass is 16.2. The molecule has 0 aliphatic carbocycles. The van der Waals surface area contributed by atoms with Gasteiger partial charge in [-0.1, -0.05) is 0 Å². The molecule has 0 saturated carbocycles. The molecular formula is C20H26N4O2. The molecule has 1 aliphatic rings. The molecule has 6 nitrogen and oxygen atoms in total. The number of benzene rings is 1. The molecule has 1 aromatic heterocycles. The fourth-order valence-corrected chi connectivity index (χ4v) is 3.44. The van der Waals surface area contributed by atoms with Crippen molar-refractivity contribution in [2.24, 2.45) is 7.05 Å². The summed E-state index contributed by atoms with van der Waals surface area (Å²) in [6.07, 6.45) is 3.23. The van der Waals surface area contributed by atoms with Gasteiger partial charge < -0.3 is 10.2 Å². The standard InChI is InChI=1S/C20H26N4O2/c1-14-18(15(2)23(3)22-14)10-11-19(25)21-17-8-6-16(7-9-17)20(26)24-12-4-5-13-24/h6-9H,4-5,10-13H2,1-3H3,(H,21,25). The van der Waals surface area contributed by atoms with E-state index in [0.29, 0.717) is 24.1 Å². The SMILES string of the molecule is Cc1nn(C)c(C)c1CCC(=O)Nc1ccc(C(=O)N2CCCC2)cc1. The molecule has 0 spiro atoms. The Morgan fingerprint density at radius 1 is 1.12 bits per heavy atom. The molecule has 2 heterocycles. The average molecular weight is 354 g/mol. The van der Waals surface area contributed by atoms with Crippen LogP contribution in [0.5, 0.6) is 0 Å². The van der Waals surface area contributed by atoms with Gasteiger partial charge >= 0.3 is 0 Å². The van der Waals surface area contributed by atoms with E-state index >= 15 is 0 Å². The van der Waals surface area contributed by atoms with Crippen LogP contribution < -0.4 is 5.32 Å². The molecular weight excluding hydrogens is 328 g/mol. The first kappa shape index (κ1) is 18.2. The number of hydrogen-bond donors (Lipinski definition) is 1. The minimum absolute atomic E-state index is 0.0359. The molecule has 1 saturated heterocycles. The minimum atomic E-state index is -0.0359. The van der Waals surface area contributed by atoms with Gasteiger partial charge in [0, 0.05) is 43.5 Å². The second-order valence-electron chi connectivity index (χ2n) is 6.90. The molecule has 1 N–H and O–H groups in total. The van der Waals surface area contributed by atoms with E-state index in [2.05, 4.69) is 10.4 Å². The van der Waals surface area contributed by atoms with Gasteiger partial charge in [-0.3, -0.25) is 14.3 Å². The number of rotatable bonds is 5. The van der Waals surface area contributed by atoms with Crippen LogP contribution in [-0.4, -0.2) is 39.6 Å². The van der Waals surface area contributed by atoms with Gasteiger partial charge in [-0.15, -0.1) is 0 Å². The van der Waals surface area contributed by atoms with Gasteiger partial charge in [-0.05, 0) is 62.9 Å². The molecule has 2 amide bonds. The highest BCUT2D eigenvalue weighted by Crippen LogP contribution is 2.17. The molecule has 26 heavy (non-hydrogen) atoms. The van der Waals surface area contributed by atoms with Gasteiger partial charge in [0.05, 0.1) is 5.69 Å². The number of carbonyl (C=O) groups excluding carboxylic acids is 2. The number of hydrogen-bond acceptors (Lipinski definition) is 3. The molecule has 1 aromatic carbocycles. The van der Waals surface area contributed by atoms with Crippen molar-refractivity contribution in [1.29, 1.82) is 0 Å². The summed E-state index contributed by atoms with van der Waals surface area (Å²) < 4.78 is 1.85. The van der Waals surface area contributed by atoms with E-state index in [1.54, 1.807) is 24.3 Å². The molecule has 1 aliphatic heterocycles. The maximum absolute atomic E-state index is 12.3. The molecule has 0 bridgehead atoms. The summed E-state index contributed by atoms with van der Waals surface area (Å²) in [7, 11) is 1.91. The maximum atomic E-state index is 12.3. The third-order valence-electron chi connectivity index (χ3n) is 5.07. The van der Waals surface area contributed by atoms with Crippen molar-refractivity contribution in [2.75, 3.05) is 18.4 Å². The fourth-order valence-electron chi connectivity index (χ4n) is 3.44. The van der Waals surface area contributed by atoms with Crippen LogP contribution in [0.4, 0.5) is 5.69 Å². The van der Waals surface area contributed by atoms with Crippen LogP contribution in [0, 0.1) is 13.8 Å². The van der Waals surface area contributed by atoms with E-state index in [1.807, 2.05) is 30.5 Å². The third-order valence-corrected chi connectivity index (χ3v) is 5.07. The van der Waals surface area contributed by atoms with E-state index < -0.39 is 0 Å². The zero-order chi connectivity index (χ0) is 18.7. The number of anilines is 1. The van der Waals surface area contributed by atoms with Crippen LogP contribution in [-0.2, 0) is 18.3 Å². The number of aryl methyl sites for hydroxylation is 2. The Labute approximate surface area is 154 Å². The first-order valence-electron chi connectivity index (χ1n) is 9.14. The van der Waals surface area contributed by atoms with E-state index in [1.165, 1.54) is 0 Å². The Kier molecular flexibility index (Phi) is 5.40. The van der Waals surface area contributed by atoms with Crippen LogP contribution in [0.3, 0.4) is 0 Å². The number of amides is 2.